The fourth-order valence-electron chi connectivity index (χ4n) is 1.67. The Morgan fingerprint density at radius 1 is 1.47 bits per heavy atom. The third-order valence-corrected chi connectivity index (χ3v) is 3.27. The molecule has 19 heavy (non-hydrogen) atoms. The molecule has 0 aliphatic rings. The molecule has 0 fully saturated rings. The van der Waals surface area contributed by atoms with E-state index >= 15 is 0 Å². The van der Waals surface area contributed by atoms with E-state index in [9.17, 15) is 4.79 Å². The highest BCUT2D eigenvalue weighted by Gasteiger charge is 2.12. The smallest absolute Gasteiger partial charge is 0.242 e. The van der Waals surface area contributed by atoms with Gasteiger partial charge in [0, 0.05) is 30.4 Å². The molecule has 1 atom stereocenters. The van der Waals surface area contributed by atoms with Crippen molar-refractivity contribution in [3.63, 3.8) is 0 Å². The first kappa shape index (κ1) is 16.0. The van der Waals surface area contributed by atoms with Gasteiger partial charge in [0.05, 0.1) is 0 Å². The molecule has 0 bridgehead atoms. The van der Waals surface area contributed by atoms with Crippen molar-refractivity contribution in [2.45, 2.75) is 26.3 Å². The minimum Gasteiger partial charge on any atom is -0.385 e. The molecule has 0 aliphatic carbocycles. The zero-order valence-electron chi connectivity index (χ0n) is 11.6. The second kappa shape index (κ2) is 8.17. The van der Waals surface area contributed by atoms with Crippen molar-refractivity contribution in [1.29, 1.82) is 0 Å². The van der Waals surface area contributed by atoms with Crippen molar-refractivity contribution in [2.75, 3.05) is 25.6 Å². The van der Waals surface area contributed by atoms with Gasteiger partial charge in [0.1, 0.15) is 6.04 Å². The van der Waals surface area contributed by atoms with Crippen LogP contribution in [0.5, 0.6) is 0 Å². The summed E-state index contributed by atoms with van der Waals surface area (Å²) in [4.78, 5) is 11.9. The fraction of sp³-hybridized carbons (Fsp3) is 0.500. The number of methoxy groups -OCH3 is 1. The van der Waals surface area contributed by atoms with E-state index in [1.165, 1.54) is 0 Å². The maximum Gasteiger partial charge on any atom is 0.242 e. The standard InChI is InChI=1S/C14H21BrN2O2/c1-10-9-12(15)5-6-13(10)17-11(2)14(18)16-7-4-8-19-3/h5-6,9,11,17H,4,7-8H2,1-3H3,(H,16,18). The number of nitrogens with one attached hydrogen (secondary N) is 2. The van der Waals surface area contributed by atoms with Gasteiger partial charge in [0.15, 0.2) is 0 Å². The predicted octanol–water partition coefficient (Wildman–Crippen LogP) is 2.71. The van der Waals surface area contributed by atoms with Crippen molar-refractivity contribution in [3.05, 3.63) is 28.2 Å². The molecule has 106 valence electrons. The number of ether oxygens (including phenoxy) is 1. The van der Waals surface area contributed by atoms with E-state index in [1.807, 2.05) is 32.0 Å². The molecule has 2 N–H and O–H groups in total. The number of benzene rings is 1. The van der Waals surface area contributed by atoms with Crippen LogP contribution in [0.15, 0.2) is 22.7 Å². The van der Waals surface area contributed by atoms with Crippen LogP contribution in [0.3, 0.4) is 0 Å². The van der Waals surface area contributed by atoms with E-state index in [2.05, 4.69) is 26.6 Å². The lowest BCUT2D eigenvalue weighted by Crippen LogP contribution is -2.38. The normalized spacial score (nSPS) is 12.0. The van der Waals surface area contributed by atoms with E-state index in [0.29, 0.717) is 13.2 Å². The Bertz CT molecular complexity index is 424. The summed E-state index contributed by atoms with van der Waals surface area (Å²) in [6.45, 7) is 5.16. The Labute approximate surface area is 123 Å². The molecule has 5 heteroatoms. The van der Waals surface area contributed by atoms with Gasteiger partial charge in [-0.05, 0) is 44.0 Å². The van der Waals surface area contributed by atoms with E-state index in [1.54, 1.807) is 7.11 Å². The average molecular weight is 329 g/mol. The molecule has 1 unspecified atom stereocenters. The number of carbonyl (C=O) groups is 1. The third kappa shape index (κ3) is 5.61. The monoisotopic (exact) mass is 328 g/mol. The number of rotatable bonds is 7. The molecule has 0 radical (unpaired) electrons. The highest BCUT2D eigenvalue weighted by Crippen LogP contribution is 2.20. The first-order valence-corrected chi connectivity index (χ1v) is 7.13. The lowest BCUT2D eigenvalue weighted by atomic mass is 10.2. The molecule has 1 aromatic rings. The van der Waals surface area contributed by atoms with Crippen LogP contribution in [0.25, 0.3) is 0 Å². The number of hydrogen-bond acceptors (Lipinski definition) is 3. The van der Waals surface area contributed by atoms with Crippen LogP contribution in [0.4, 0.5) is 5.69 Å². The molecular weight excluding hydrogens is 308 g/mol. The van der Waals surface area contributed by atoms with E-state index in [-0.39, 0.29) is 11.9 Å². The SMILES string of the molecule is COCCCNC(=O)C(C)Nc1ccc(Br)cc1C. The number of hydrogen-bond donors (Lipinski definition) is 2. The van der Waals surface area contributed by atoms with Crippen molar-refractivity contribution >= 4 is 27.5 Å². The Morgan fingerprint density at radius 3 is 2.84 bits per heavy atom. The van der Waals surface area contributed by atoms with Gasteiger partial charge in [-0.15, -0.1) is 0 Å². The van der Waals surface area contributed by atoms with Crippen LogP contribution in [0, 0.1) is 6.92 Å². The summed E-state index contributed by atoms with van der Waals surface area (Å²) in [5.41, 5.74) is 2.08. The lowest BCUT2D eigenvalue weighted by molar-refractivity contribution is -0.121. The quantitative estimate of drug-likeness (QED) is 0.756. The Hall–Kier alpha value is -1.07. The molecule has 0 aromatic heterocycles. The zero-order chi connectivity index (χ0) is 14.3. The summed E-state index contributed by atoms with van der Waals surface area (Å²) in [6.07, 6.45) is 0.826. The molecule has 0 spiro atoms. The van der Waals surface area contributed by atoms with E-state index in [0.717, 1.165) is 22.1 Å². The van der Waals surface area contributed by atoms with Gasteiger partial charge in [-0.2, -0.15) is 0 Å². The van der Waals surface area contributed by atoms with Gasteiger partial charge >= 0.3 is 0 Å². The van der Waals surface area contributed by atoms with Crippen LogP contribution in [0.2, 0.25) is 0 Å². The summed E-state index contributed by atoms with van der Waals surface area (Å²) in [5.74, 6) is -0.00146. The molecular formula is C14H21BrN2O2. The molecule has 0 saturated heterocycles. The fourth-order valence-corrected chi connectivity index (χ4v) is 2.14. The Kier molecular flexibility index (Phi) is 6.87. The number of carbonyl (C=O) groups excluding carboxylic acids is 1. The summed E-state index contributed by atoms with van der Waals surface area (Å²) >= 11 is 3.42. The largest absolute Gasteiger partial charge is 0.385 e. The molecule has 1 aromatic carbocycles. The van der Waals surface area contributed by atoms with Gasteiger partial charge in [-0.1, -0.05) is 15.9 Å². The summed E-state index contributed by atoms with van der Waals surface area (Å²) in [7, 11) is 1.66. The summed E-state index contributed by atoms with van der Waals surface area (Å²) in [5, 5.41) is 6.09. The first-order valence-electron chi connectivity index (χ1n) is 6.34. The van der Waals surface area contributed by atoms with Gasteiger partial charge in [0.25, 0.3) is 0 Å². The van der Waals surface area contributed by atoms with Gasteiger partial charge in [-0.25, -0.2) is 0 Å². The van der Waals surface area contributed by atoms with Crippen molar-refractivity contribution < 1.29 is 9.53 Å². The van der Waals surface area contributed by atoms with Crippen molar-refractivity contribution in [1.82, 2.24) is 5.32 Å². The summed E-state index contributed by atoms with van der Waals surface area (Å²) in [6, 6.07) is 5.68. The Balaban J connectivity index is 2.45. The number of amides is 1. The average Bonchev–Trinajstić information content (AvgIpc) is 2.37. The van der Waals surface area contributed by atoms with Gasteiger partial charge in [-0.3, -0.25) is 4.79 Å². The Morgan fingerprint density at radius 2 is 2.21 bits per heavy atom. The molecule has 4 nitrogen and oxygen atoms in total. The van der Waals surface area contributed by atoms with Crippen molar-refractivity contribution in [3.8, 4) is 0 Å². The molecule has 1 rings (SSSR count). The number of halogens is 1. The second-order valence-electron chi connectivity index (χ2n) is 4.46. The van der Waals surface area contributed by atoms with Gasteiger partial charge in [0.2, 0.25) is 5.91 Å². The number of aryl methyl sites for hydroxylation is 1. The third-order valence-electron chi connectivity index (χ3n) is 2.78. The van der Waals surface area contributed by atoms with Crippen LogP contribution in [0.1, 0.15) is 18.9 Å². The molecule has 0 saturated carbocycles. The second-order valence-corrected chi connectivity index (χ2v) is 5.38. The van der Waals surface area contributed by atoms with E-state index < -0.39 is 0 Å². The highest BCUT2D eigenvalue weighted by molar-refractivity contribution is 9.10. The van der Waals surface area contributed by atoms with Crippen LogP contribution in [-0.2, 0) is 9.53 Å². The maximum atomic E-state index is 11.9. The molecule has 0 heterocycles. The lowest BCUT2D eigenvalue weighted by Gasteiger charge is -2.17. The zero-order valence-corrected chi connectivity index (χ0v) is 13.2. The maximum absolute atomic E-state index is 11.9. The minimum atomic E-state index is -0.262. The predicted molar refractivity (Wildman–Crippen MR) is 81.5 cm³/mol. The van der Waals surface area contributed by atoms with Gasteiger partial charge < -0.3 is 15.4 Å². The van der Waals surface area contributed by atoms with Crippen LogP contribution in [-0.4, -0.2) is 32.2 Å². The minimum absolute atomic E-state index is 0.00146. The van der Waals surface area contributed by atoms with Crippen molar-refractivity contribution in [2.24, 2.45) is 0 Å². The number of anilines is 1. The molecule has 0 aliphatic heterocycles. The summed E-state index contributed by atoms with van der Waals surface area (Å²) < 4.78 is 5.97. The molecule has 1 amide bonds. The highest BCUT2D eigenvalue weighted by atomic mass is 79.9. The topological polar surface area (TPSA) is 50.4 Å². The first-order chi connectivity index (χ1) is 9.04. The van der Waals surface area contributed by atoms with E-state index in [4.69, 9.17) is 4.74 Å². The van der Waals surface area contributed by atoms with Crippen LogP contribution < -0.4 is 10.6 Å². The van der Waals surface area contributed by atoms with Crippen LogP contribution >= 0.6 is 15.9 Å².